The molecule has 26 heavy (non-hydrogen) atoms. The van der Waals surface area contributed by atoms with Crippen LogP contribution in [0.4, 0.5) is 10.5 Å². The van der Waals surface area contributed by atoms with Crippen LogP contribution >= 0.6 is 27.5 Å². The zero-order valence-electron chi connectivity index (χ0n) is 14.2. The smallest absolute Gasteiger partial charge is 0.319 e. The maximum absolute atomic E-state index is 13.0. The summed E-state index contributed by atoms with van der Waals surface area (Å²) in [7, 11) is 0. The molecule has 1 atom stereocenters. The Morgan fingerprint density at radius 2 is 1.92 bits per heavy atom. The van der Waals surface area contributed by atoms with Crippen molar-refractivity contribution in [2.45, 2.75) is 19.9 Å². The maximum atomic E-state index is 13.0. The summed E-state index contributed by atoms with van der Waals surface area (Å²) in [5.41, 5.74) is 3.26. The summed E-state index contributed by atoms with van der Waals surface area (Å²) >= 11 is 9.63. The number of anilines is 1. The van der Waals surface area contributed by atoms with Crippen LogP contribution in [0.2, 0.25) is 5.02 Å². The number of aryl methyl sites for hydroxylation is 1. The topological polar surface area (TPSA) is 70.2 Å². The summed E-state index contributed by atoms with van der Waals surface area (Å²) < 4.78 is 0.809. The van der Waals surface area contributed by atoms with Crippen LogP contribution in [0.3, 0.4) is 0 Å². The number of urea groups is 1. The van der Waals surface area contributed by atoms with Gasteiger partial charge in [0.05, 0.1) is 11.6 Å². The normalized spacial score (nSPS) is 16.8. The van der Waals surface area contributed by atoms with Gasteiger partial charge in [-0.05, 0) is 43.2 Å². The second-order valence-electron chi connectivity index (χ2n) is 6.01. The molecule has 3 amide bonds. The number of halogens is 2. The van der Waals surface area contributed by atoms with Crippen molar-refractivity contribution < 1.29 is 9.59 Å². The van der Waals surface area contributed by atoms with Crippen LogP contribution in [-0.4, -0.2) is 11.9 Å². The van der Waals surface area contributed by atoms with Crippen molar-refractivity contribution >= 4 is 45.2 Å². The van der Waals surface area contributed by atoms with Gasteiger partial charge >= 0.3 is 6.03 Å². The van der Waals surface area contributed by atoms with Gasteiger partial charge in [-0.3, -0.25) is 4.79 Å². The summed E-state index contributed by atoms with van der Waals surface area (Å²) in [5, 5.41) is 8.91. The average molecular weight is 435 g/mol. The molecule has 3 N–H and O–H groups in total. The van der Waals surface area contributed by atoms with Crippen LogP contribution < -0.4 is 16.0 Å². The van der Waals surface area contributed by atoms with Gasteiger partial charge in [0.15, 0.2) is 0 Å². The Balaban J connectivity index is 1.97. The molecule has 0 fully saturated rings. The minimum Gasteiger partial charge on any atom is -0.327 e. The third kappa shape index (κ3) is 3.76. The summed E-state index contributed by atoms with van der Waals surface area (Å²) in [6.45, 7) is 3.60. The number of rotatable bonds is 3. The van der Waals surface area contributed by atoms with E-state index in [9.17, 15) is 9.59 Å². The monoisotopic (exact) mass is 433 g/mol. The van der Waals surface area contributed by atoms with Crippen molar-refractivity contribution in [1.29, 1.82) is 0 Å². The Morgan fingerprint density at radius 1 is 1.19 bits per heavy atom. The Bertz CT molecular complexity index is 927. The molecule has 2 aromatic carbocycles. The molecule has 0 saturated carbocycles. The lowest BCUT2D eigenvalue weighted by Crippen LogP contribution is -2.46. The van der Waals surface area contributed by atoms with Gasteiger partial charge in [0, 0.05) is 20.9 Å². The maximum Gasteiger partial charge on any atom is 0.319 e. The van der Waals surface area contributed by atoms with Gasteiger partial charge in [-0.25, -0.2) is 4.79 Å². The molecule has 2 aromatic rings. The van der Waals surface area contributed by atoms with E-state index in [-0.39, 0.29) is 11.9 Å². The van der Waals surface area contributed by atoms with E-state index in [1.807, 2.05) is 37.3 Å². The third-order valence-corrected chi connectivity index (χ3v) is 5.29. The number of benzene rings is 2. The summed E-state index contributed by atoms with van der Waals surface area (Å²) in [6, 6.07) is 11.9. The van der Waals surface area contributed by atoms with Gasteiger partial charge in [0.25, 0.3) is 5.91 Å². The molecule has 0 unspecified atom stereocenters. The predicted molar refractivity (Wildman–Crippen MR) is 106 cm³/mol. The van der Waals surface area contributed by atoms with E-state index in [0.29, 0.717) is 22.0 Å². The van der Waals surface area contributed by atoms with Gasteiger partial charge in [-0.15, -0.1) is 0 Å². The van der Waals surface area contributed by atoms with Gasteiger partial charge in [0.2, 0.25) is 0 Å². The van der Waals surface area contributed by atoms with Gasteiger partial charge in [-0.2, -0.15) is 0 Å². The molecule has 1 heterocycles. The first kappa shape index (κ1) is 18.5. The molecule has 0 aromatic heterocycles. The van der Waals surface area contributed by atoms with E-state index in [1.54, 1.807) is 19.1 Å². The van der Waals surface area contributed by atoms with Crippen molar-refractivity contribution in [1.82, 2.24) is 10.6 Å². The van der Waals surface area contributed by atoms with Crippen LogP contribution in [-0.2, 0) is 4.79 Å². The molecule has 1 aliphatic heterocycles. The lowest BCUT2D eigenvalue weighted by Gasteiger charge is -2.29. The van der Waals surface area contributed by atoms with E-state index in [1.165, 1.54) is 0 Å². The molecule has 134 valence electrons. The number of carbonyl (C=O) groups excluding carboxylic acids is 2. The largest absolute Gasteiger partial charge is 0.327 e. The number of hydrogen-bond donors (Lipinski definition) is 3. The minimum atomic E-state index is -0.569. The highest BCUT2D eigenvalue weighted by Crippen LogP contribution is 2.32. The van der Waals surface area contributed by atoms with Crippen LogP contribution in [0, 0.1) is 6.92 Å². The van der Waals surface area contributed by atoms with E-state index >= 15 is 0 Å². The lowest BCUT2D eigenvalue weighted by molar-refractivity contribution is -0.113. The average Bonchev–Trinajstić information content (AvgIpc) is 2.57. The molecule has 1 aliphatic rings. The number of nitrogens with one attached hydrogen (secondary N) is 3. The summed E-state index contributed by atoms with van der Waals surface area (Å²) in [6.07, 6.45) is 0. The highest BCUT2D eigenvalue weighted by molar-refractivity contribution is 9.10. The first-order chi connectivity index (χ1) is 12.4. The second-order valence-corrected chi connectivity index (χ2v) is 7.27. The first-order valence-corrected chi connectivity index (χ1v) is 9.14. The number of hydrogen-bond acceptors (Lipinski definition) is 2. The molecule has 7 heteroatoms. The Hall–Kier alpha value is -2.31. The van der Waals surface area contributed by atoms with Crippen molar-refractivity contribution in [3.63, 3.8) is 0 Å². The highest BCUT2D eigenvalue weighted by atomic mass is 79.9. The highest BCUT2D eigenvalue weighted by Gasteiger charge is 2.32. The van der Waals surface area contributed by atoms with E-state index in [2.05, 4.69) is 31.9 Å². The van der Waals surface area contributed by atoms with Crippen molar-refractivity contribution in [3.8, 4) is 0 Å². The second kappa shape index (κ2) is 7.51. The molecular formula is C19H17BrClN3O2. The summed E-state index contributed by atoms with van der Waals surface area (Å²) in [5.74, 6) is -0.310. The number of allylic oxidation sites excluding steroid dienone is 1. The van der Waals surface area contributed by atoms with Crippen LogP contribution in [0.1, 0.15) is 24.1 Å². The number of carbonyl (C=O) groups is 2. The molecule has 0 saturated heterocycles. The van der Waals surface area contributed by atoms with Crippen molar-refractivity contribution in [2.24, 2.45) is 0 Å². The van der Waals surface area contributed by atoms with E-state index < -0.39 is 6.04 Å². The fraction of sp³-hybridized carbons (Fsp3) is 0.158. The Labute approximate surface area is 164 Å². The molecule has 0 bridgehead atoms. The van der Waals surface area contributed by atoms with Crippen molar-refractivity contribution in [3.05, 3.63) is 74.4 Å². The fourth-order valence-corrected chi connectivity index (χ4v) is 3.50. The Morgan fingerprint density at radius 3 is 2.62 bits per heavy atom. The summed E-state index contributed by atoms with van der Waals surface area (Å²) in [4.78, 5) is 24.9. The van der Waals surface area contributed by atoms with Crippen molar-refractivity contribution in [2.75, 3.05) is 5.32 Å². The molecule has 0 aliphatic carbocycles. The number of amides is 3. The van der Waals surface area contributed by atoms with Gasteiger partial charge < -0.3 is 16.0 Å². The quantitative estimate of drug-likeness (QED) is 0.656. The zero-order valence-corrected chi connectivity index (χ0v) is 16.5. The Kier molecular flexibility index (Phi) is 5.34. The van der Waals surface area contributed by atoms with Gasteiger partial charge in [0.1, 0.15) is 0 Å². The van der Waals surface area contributed by atoms with Crippen LogP contribution in [0.5, 0.6) is 0 Å². The van der Waals surface area contributed by atoms with Gasteiger partial charge in [-0.1, -0.05) is 51.8 Å². The lowest BCUT2D eigenvalue weighted by atomic mass is 9.95. The minimum absolute atomic E-state index is 0.310. The SMILES string of the molecule is CC1=C(C(=O)Nc2ccc(C)c(Cl)c2)[C@@H](c2ccccc2Br)NC(=O)N1. The van der Waals surface area contributed by atoms with Crippen LogP contribution in [0.15, 0.2) is 58.2 Å². The third-order valence-electron chi connectivity index (χ3n) is 4.16. The standard InChI is InChI=1S/C19H17BrClN3O2/c1-10-7-8-12(9-15(10)21)23-18(25)16-11(2)22-19(26)24-17(16)13-5-3-4-6-14(13)20/h3-9,17H,1-2H3,(H,23,25)(H2,22,24,26)/t17-/m1/s1. The molecular weight excluding hydrogens is 418 g/mol. The van der Waals surface area contributed by atoms with Crippen LogP contribution in [0.25, 0.3) is 0 Å². The molecule has 0 spiro atoms. The first-order valence-electron chi connectivity index (χ1n) is 7.97. The van der Waals surface area contributed by atoms with E-state index in [0.717, 1.165) is 15.6 Å². The molecule has 3 rings (SSSR count). The predicted octanol–water partition coefficient (Wildman–Crippen LogP) is 4.68. The molecule has 0 radical (unpaired) electrons. The van der Waals surface area contributed by atoms with E-state index in [4.69, 9.17) is 11.6 Å². The molecule has 5 nitrogen and oxygen atoms in total. The zero-order chi connectivity index (χ0) is 18.8. The fourth-order valence-electron chi connectivity index (χ4n) is 2.81.